The summed E-state index contributed by atoms with van der Waals surface area (Å²) in [4.78, 5) is 10.6. The van der Waals surface area contributed by atoms with Gasteiger partial charge in [0.2, 0.25) is 17.8 Å². The van der Waals surface area contributed by atoms with Crippen LogP contribution in [0, 0.1) is 0 Å². The maximum Gasteiger partial charge on any atom is 0.416 e. The summed E-state index contributed by atoms with van der Waals surface area (Å²) in [5.74, 6) is 1.46. The summed E-state index contributed by atoms with van der Waals surface area (Å²) in [6.45, 7) is 0. The largest absolute Gasteiger partial charge is 0.439 e. The van der Waals surface area contributed by atoms with E-state index in [-0.39, 0.29) is 29.3 Å². The highest BCUT2D eigenvalue weighted by molar-refractivity contribution is 5.60. The van der Waals surface area contributed by atoms with Crippen molar-refractivity contribution in [3.63, 3.8) is 0 Å². The minimum atomic E-state index is -4.43. The number of rotatable bonds is 5. The van der Waals surface area contributed by atoms with E-state index in [4.69, 9.17) is 16.2 Å². The number of halogens is 3. The molecule has 0 aliphatic rings. The van der Waals surface area contributed by atoms with Crippen LogP contribution in [0.3, 0.4) is 0 Å². The molecule has 2 aromatic heterocycles. The van der Waals surface area contributed by atoms with Gasteiger partial charge in [-0.3, -0.25) is 0 Å². The first-order valence-corrected chi connectivity index (χ1v) is 8.81. The molecule has 4 rings (SSSR count). The van der Waals surface area contributed by atoms with Gasteiger partial charge in [0.15, 0.2) is 5.82 Å². The van der Waals surface area contributed by atoms with Crippen LogP contribution in [0.15, 0.2) is 54.6 Å². The van der Waals surface area contributed by atoms with Crippen LogP contribution < -0.4 is 21.5 Å². The van der Waals surface area contributed by atoms with E-state index in [1.807, 2.05) is 0 Å². The van der Waals surface area contributed by atoms with E-state index in [1.54, 1.807) is 24.3 Å². The molecule has 0 unspecified atom stereocenters. The van der Waals surface area contributed by atoms with Crippen LogP contribution in [0.5, 0.6) is 11.6 Å². The molecule has 0 amide bonds. The normalized spacial score (nSPS) is 11.3. The maximum absolute atomic E-state index is 12.8. The van der Waals surface area contributed by atoms with Crippen molar-refractivity contribution in [2.75, 3.05) is 16.8 Å². The van der Waals surface area contributed by atoms with Crippen molar-refractivity contribution >= 4 is 23.4 Å². The molecule has 0 aliphatic heterocycles. The number of benzene rings is 2. The summed E-state index contributed by atoms with van der Waals surface area (Å²) >= 11 is 0. The number of hydrogen-bond acceptors (Lipinski definition) is 8. The highest BCUT2D eigenvalue weighted by Gasteiger charge is 2.30. The average Bonchev–Trinajstić information content (AvgIpc) is 3.16. The molecule has 0 saturated heterocycles. The zero-order valence-corrected chi connectivity index (χ0v) is 15.7. The van der Waals surface area contributed by atoms with Crippen molar-refractivity contribution in [2.45, 2.75) is 6.18 Å². The van der Waals surface area contributed by atoms with Crippen molar-refractivity contribution in [3.05, 3.63) is 60.2 Å². The zero-order valence-electron chi connectivity index (χ0n) is 15.7. The number of aromatic nitrogens is 5. The average molecular weight is 428 g/mol. The van der Waals surface area contributed by atoms with Gasteiger partial charge in [-0.05, 0) is 42.5 Å². The molecule has 0 radical (unpaired) electrons. The number of nitrogen functional groups attached to an aromatic ring is 2. The lowest BCUT2D eigenvalue weighted by Crippen LogP contribution is -2.05. The molecule has 0 aliphatic carbocycles. The van der Waals surface area contributed by atoms with Crippen LogP contribution in [0.2, 0.25) is 0 Å². The quantitative estimate of drug-likeness (QED) is 0.374. The highest BCUT2D eigenvalue weighted by Crippen LogP contribution is 2.31. The number of nitrogens with one attached hydrogen (secondary N) is 2. The van der Waals surface area contributed by atoms with Crippen LogP contribution in [0.25, 0.3) is 11.4 Å². The van der Waals surface area contributed by atoms with E-state index < -0.39 is 11.7 Å². The highest BCUT2D eigenvalue weighted by atomic mass is 19.4. The number of anilines is 4. The smallest absolute Gasteiger partial charge is 0.416 e. The van der Waals surface area contributed by atoms with Gasteiger partial charge < -0.3 is 26.5 Å². The summed E-state index contributed by atoms with van der Waals surface area (Å²) < 4.78 is 44.1. The topological polar surface area (TPSA) is 141 Å². The van der Waals surface area contributed by atoms with Gasteiger partial charge in [-0.2, -0.15) is 23.1 Å². The molecule has 0 atom stereocenters. The zero-order chi connectivity index (χ0) is 22.0. The van der Waals surface area contributed by atoms with Gasteiger partial charge in [0.1, 0.15) is 11.6 Å². The monoisotopic (exact) mass is 428 g/mol. The van der Waals surface area contributed by atoms with E-state index in [9.17, 15) is 13.2 Å². The Morgan fingerprint density at radius 2 is 1.71 bits per heavy atom. The molecule has 2 aromatic carbocycles. The first kappa shape index (κ1) is 19.9. The fourth-order valence-electron chi connectivity index (χ4n) is 2.67. The van der Waals surface area contributed by atoms with Gasteiger partial charge in [-0.15, -0.1) is 10.2 Å². The Kier molecular flexibility index (Phi) is 5.03. The van der Waals surface area contributed by atoms with E-state index in [2.05, 4.69) is 30.5 Å². The Bertz CT molecular complexity index is 1190. The first-order chi connectivity index (χ1) is 14.8. The minimum Gasteiger partial charge on any atom is -0.439 e. The molecule has 31 heavy (non-hydrogen) atoms. The van der Waals surface area contributed by atoms with E-state index in [0.717, 1.165) is 12.1 Å². The number of nitrogens with zero attached hydrogens (tertiary/aromatic N) is 4. The van der Waals surface area contributed by atoms with Gasteiger partial charge in [-0.25, -0.2) is 0 Å². The van der Waals surface area contributed by atoms with Crippen molar-refractivity contribution in [1.29, 1.82) is 0 Å². The molecule has 0 bridgehead atoms. The predicted molar refractivity (Wildman–Crippen MR) is 107 cm³/mol. The van der Waals surface area contributed by atoms with E-state index in [1.165, 1.54) is 18.2 Å². The third-order valence-electron chi connectivity index (χ3n) is 4.03. The summed E-state index contributed by atoms with van der Waals surface area (Å²) in [5, 5.41) is 10.7. The second-order valence-electron chi connectivity index (χ2n) is 6.34. The third kappa shape index (κ3) is 4.80. The number of alkyl halides is 3. The maximum atomic E-state index is 12.8. The molecule has 158 valence electrons. The van der Waals surface area contributed by atoms with E-state index >= 15 is 0 Å². The number of ether oxygens (including phenoxy) is 1. The molecule has 12 heteroatoms. The Morgan fingerprint density at radius 3 is 2.42 bits per heavy atom. The first-order valence-electron chi connectivity index (χ1n) is 8.81. The molecule has 0 saturated carbocycles. The Balaban J connectivity index is 1.47. The third-order valence-corrected chi connectivity index (χ3v) is 4.03. The SMILES string of the molecule is Nc1cc(Oc2ccc(-c3nnc(Nc4cccc(C(F)(F)F)c4)[nH]3)cc2)nc(N)n1. The fraction of sp³-hybridized carbons (Fsp3) is 0.0526. The van der Waals surface area contributed by atoms with Crippen LogP contribution in [0.1, 0.15) is 5.56 Å². The number of aromatic amines is 1. The van der Waals surface area contributed by atoms with Crippen LogP contribution in [0.4, 0.5) is 36.6 Å². The van der Waals surface area contributed by atoms with Crippen molar-refractivity contribution < 1.29 is 17.9 Å². The molecule has 4 aromatic rings. The van der Waals surface area contributed by atoms with Gasteiger partial charge in [0.05, 0.1) is 5.56 Å². The summed E-state index contributed by atoms with van der Waals surface area (Å²) in [7, 11) is 0. The van der Waals surface area contributed by atoms with Crippen molar-refractivity contribution in [2.24, 2.45) is 0 Å². The lowest BCUT2D eigenvalue weighted by Gasteiger charge is -2.08. The van der Waals surface area contributed by atoms with E-state index in [0.29, 0.717) is 17.1 Å². The fourth-order valence-corrected chi connectivity index (χ4v) is 2.67. The van der Waals surface area contributed by atoms with Gasteiger partial charge >= 0.3 is 6.18 Å². The standard InChI is InChI=1S/C19H15F3N8O/c20-19(21,22)11-2-1-3-12(8-11)25-18-28-16(29-30-18)10-4-6-13(7-5-10)31-15-9-14(23)26-17(24)27-15/h1-9H,(H4,23,24,26,27)(H2,25,28,29,30). The number of H-pyrrole nitrogens is 1. The molecule has 9 nitrogen and oxygen atoms in total. The molecular weight excluding hydrogens is 413 g/mol. The second kappa shape index (κ2) is 7.82. The van der Waals surface area contributed by atoms with Crippen molar-refractivity contribution in [3.8, 4) is 23.0 Å². The molecule has 0 spiro atoms. The summed E-state index contributed by atoms with van der Waals surface area (Å²) in [6.07, 6.45) is -4.43. The minimum absolute atomic E-state index is 0.00548. The summed E-state index contributed by atoms with van der Waals surface area (Å²) in [5.41, 5.74) is 11.3. The molecule has 6 N–H and O–H groups in total. The van der Waals surface area contributed by atoms with Crippen LogP contribution in [-0.2, 0) is 6.18 Å². The van der Waals surface area contributed by atoms with Gasteiger partial charge in [0.25, 0.3) is 0 Å². The second-order valence-corrected chi connectivity index (χ2v) is 6.34. The number of hydrogen-bond donors (Lipinski definition) is 4. The Labute approximate surface area is 173 Å². The molecular formula is C19H15F3N8O. The van der Waals surface area contributed by atoms with Gasteiger partial charge in [-0.1, -0.05) is 6.07 Å². The molecule has 0 fully saturated rings. The van der Waals surface area contributed by atoms with Crippen LogP contribution >= 0.6 is 0 Å². The Hall–Kier alpha value is -4.35. The Morgan fingerprint density at radius 1 is 0.935 bits per heavy atom. The lowest BCUT2D eigenvalue weighted by molar-refractivity contribution is -0.137. The molecule has 2 heterocycles. The van der Waals surface area contributed by atoms with Gasteiger partial charge in [0, 0.05) is 17.3 Å². The predicted octanol–water partition coefficient (Wildman–Crippen LogP) is 3.98. The van der Waals surface area contributed by atoms with Crippen molar-refractivity contribution in [1.82, 2.24) is 25.1 Å². The van der Waals surface area contributed by atoms with Crippen LogP contribution in [-0.4, -0.2) is 25.1 Å². The lowest BCUT2D eigenvalue weighted by atomic mass is 10.2. The summed E-state index contributed by atoms with van der Waals surface area (Å²) in [6, 6.07) is 13.0. The number of nitrogens with two attached hydrogens (primary N) is 2.